The first-order valence-electron chi connectivity index (χ1n) is 3.43. The van der Waals surface area contributed by atoms with E-state index in [0.717, 1.165) is 11.8 Å². The summed E-state index contributed by atoms with van der Waals surface area (Å²) in [6.07, 6.45) is 6.07. The third-order valence-corrected chi connectivity index (χ3v) is 2.80. The molecule has 0 N–H and O–H groups in total. The first-order valence-corrected chi connectivity index (χ1v) is 3.43. The Morgan fingerprint density at radius 3 is 2.25 bits per heavy atom. The molecule has 2 unspecified atom stereocenters. The lowest BCUT2D eigenvalue weighted by atomic mass is 9.97. The van der Waals surface area contributed by atoms with Gasteiger partial charge < -0.3 is 0 Å². The average Bonchev–Trinajstić information content (AvgIpc) is 2.50. The van der Waals surface area contributed by atoms with Crippen molar-refractivity contribution in [3.8, 4) is 0 Å². The molecule has 0 bridgehead atoms. The van der Waals surface area contributed by atoms with Crippen LogP contribution in [-0.4, -0.2) is 0 Å². The van der Waals surface area contributed by atoms with E-state index < -0.39 is 0 Å². The molecule has 8 heavy (non-hydrogen) atoms. The number of allylic oxidation sites excluding steroid dienone is 2. The van der Waals surface area contributed by atoms with E-state index in [-0.39, 0.29) is 0 Å². The van der Waals surface area contributed by atoms with E-state index in [4.69, 9.17) is 0 Å². The molecule has 0 aliphatic heterocycles. The van der Waals surface area contributed by atoms with Gasteiger partial charge in [-0.15, -0.1) is 0 Å². The predicted octanol–water partition coefficient (Wildman–Crippen LogP) is 2.22. The zero-order valence-electron chi connectivity index (χ0n) is 5.52. The monoisotopic (exact) mass is 108 g/mol. The topological polar surface area (TPSA) is 0 Å². The maximum absolute atomic E-state index is 2.37. The van der Waals surface area contributed by atoms with Gasteiger partial charge in [-0.3, -0.25) is 0 Å². The summed E-state index contributed by atoms with van der Waals surface area (Å²) in [4.78, 5) is 0. The molecule has 2 atom stereocenters. The second kappa shape index (κ2) is 1.02. The minimum atomic E-state index is 0.675. The van der Waals surface area contributed by atoms with Gasteiger partial charge in [0.15, 0.2) is 0 Å². The van der Waals surface area contributed by atoms with Gasteiger partial charge in [0, 0.05) is 0 Å². The molecule has 2 fully saturated rings. The van der Waals surface area contributed by atoms with Crippen LogP contribution in [-0.2, 0) is 0 Å². The van der Waals surface area contributed by atoms with Crippen LogP contribution in [0, 0.1) is 17.3 Å². The van der Waals surface area contributed by atoms with Crippen LogP contribution >= 0.6 is 0 Å². The van der Waals surface area contributed by atoms with Crippen LogP contribution in [0.3, 0.4) is 0 Å². The van der Waals surface area contributed by atoms with Gasteiger partial charge in [-0.05, 0) is 30.6 Å². The van der Waals surface area contributed by atoms with Gasteiger partial charge >= 0.3 is 0 Å². The SMILES string of the molecule is CC=CC1(C)C2CC21. The van der Waals surface area contributed by atoms with Crippen molar-refractivity contribution in [1.82, 2.24) is 0 Å². The van der Waals surface area contributed by atoms with Crippen molar-refractivity contribution >= 4 is 0 Å². The van der Waals surface area contributed by atoms with Crippen LogP contribution in [0.4, 0.5) is 0 Å². The van der Waals surface area contributed by atoms with Crippen molar-refractivity contribution in [2.75, 3.05) is 0 Å². The van der Waals surface area contributed by atoms with Gasteiger partial charge in [0.05, 0.1) is 0 Å². The van der Waals surface area contributed by atoms with E-state index in [9.17, 15) is 0 Å². The quantitative estimate of drug-likeness (QED) is 0.452. The van der Waals surface area contributed by atoms with Crippen molar-refractivity contribution in [1.29, 1.82) is 0 Å². The Hall–Kier alpha value is -0.260. The van der Waals surface area contributed by atoms with Crippen molar-refractivity contribution < 1.29 is 0 Å². The normalized spacial score (nSPS) is 58.8. The Bertz CT molecular complexity index is 136. The molecule has 2 saturated carbocycles. The van der Waals surface area contributed by atoms with Crippen molar-refractivity contribution in [2.45, 2.75) is 20.3 Å². The molecule has 0 spiro atoms. The molecule has 0 heterocycles. The number of fused-ring (bicyclic) bond motifs is 1. The summed E-state index contributed by atoms with van der Waals surface area (Å²) in [5.41, 5.74) is 0.675. The van der Waals surface area contributed by atoms with E-state index in [1.165, 1.54) is 6.42 Å². The van der Waals surface area contributed by atoms with E-state index in [2.05, 4.69) is 26.0 Å². The Kier molecular flexibility index (Phi) is 0.588. The molecule has 44 valence electrons. The molecule has 0 radical (unpaired) electrons. The zero-order chi connectivity index (χ0) is 5.78. The van der Waals surface area contributed by atoms with Gasteiger partial charge in [-0.2, -0.15) is 0 Å². The van der Waals surface area contributed by atoms with Gasteiger partial charge in [0.25, 0.3) is 0 Å². The smallest absolute Gasteiger partial charge is 0.00840 e. The molecule has 0 aromatic carbocycles. The summed E-state index contributed by atoms with van der Waals surface area (Å²) in [7, 11) is 0. The second-order valence-corrected chi connectivity index (χ2v) is 3.31. The molecule has 0 aromatic heterocycles. The van der Waals surface area contributed by atoms with Gasteiger partial charge in [-0.1, -0.05) is 19.1 Å². The Balaban J connectivity index is 2.07. The van der Waals surface area contributed by atoms with Gasteiger partial charge in [0.1, 0.15) is 0 Å². The minimum absolute atomic E-state index is 0.675. The summed E-state index contributed by atoms with van der Waals surface area (Å²) >= 11 is 0. The molecular formula is C8H12. The number of hydrogen-bond donors (Lipinski definition) is 0. The Morgan fingerprint density at radius 2 is 2.12 bits per heavy atom. The highest BCUT2D eigenvalue weighted by molar-refractivity contribution is 5.28. The molecule has 0 nitrogen and oxygen atoms in total. The average molecular weight is 108 g/mol. The summed E-state index contributed by atoms with van der Waals surface area (Å²) < 4.78 is 0. The first kappa shape index (κ1) is 4.60. The zero-order valence-corrected chi connectivity index (χ0v) is 5.52. The predicted molar refractivity (Wildman–Crippen MR) is 34.5 cm³/mol. The molecule has 2 rings (SSSR count). The fraction of sp³-hybridized carbons (Fsp3) is 0.750. The van der Waals surface area contributed by atoms with Crippen molar-refractivity contribution in [3.05, 3.63) is 12.2 Å². The highest BCUT2D eigenvalue weighted by Crippen LogP contribution is 2.78. The third kappa shape index (κ3) is 0.331. The molecule has 2 aliphatic rings. The van der Waals surface area contributed by atoms with Crippen LogP contribution < -0.4 is 0 Å². The highest BCUT2D eigenvalue weighted by Gasteiger charge is 2.71. The van der Waals surface area contributed by atoms with Crippen LogP contribution in [0.2, 0.25) is 0 Å². The van der Waals surface area contributed by atoms with E-state index in [1.54, 1.807) is 0 Å². The Morgan fingerprint density at radius 1 is 1.50 bits per heavy atom. The summed E-state index contributed by atoms with van der Waals surface area (Å²) in [5.74, 6) is 2.19. The molecule has 0 saturated heterocycles. The van der Waals surface area contributed by atoms with Crippen LogP contribution in [0.1, 0.15) is 20.3 Å². The fourth-order valence-electron chi connectivity index (χ4n) is 1.87. The van der Waals surface area contributed by atoms with E-state index in [0.29, 0.717) is 5.41 Å². The molecular weight excluding hydrogens is 96.1 g/mol. The first-order chi connectivity index (χ1) is 3.79. The lowest BCUT2D eigenvalue weighted by Crippen LogP contribution is -1.99. The molecule has 0 amide bonds. The maximum Gasteiger partial charge on any atom is -0.00840 e. The van der Waals surface area contributed by atoms with Crippen LogP contribution in [0.5, 0.6) is 0 Å². The molecule has 2 aliphatic carbocycles. The Labute approximate surface area is 50.6 Å². The number of hydrogen-bond acceptors (Lipinski definition) is 0. The standard InChI is InChI=1S/C8H12/c1-3-4-8(2)6-5-7(6)8/h3-4,6-7H,5H2,1-2H3. The lowest BCUT2D eigenvalue weighted by molar-refractivity contribution is 0.521. The summed E-state index contributed by atoms with van der Waals surface area (Å²) in [6.45, 7) is 4.48. The van der Waals surface area contributed by atoms with Gasteiger partial charge in [-0.25, -0.2) is 0 Å². The lowest BCUT2D eigenvalue weighted by Gasteiger charge is -2.07. The highest BCUT2D eigenvalue weighted by atomic mass is 14.8. The van der Waals surface area contributed by atoms with E-state index >= 15 is 0 Å². The number of rotatable bonds is 1. The van der Waals surface area contributed by atoms with Crippen molar-refractivity contribution in [2.24, 2.45) is 17.3 Å². The van der Waals surface area contributed by atoms with E-state index in [1.807, 2.05) is 0 Å². The van der Waals surface area contributed by atoms with Gasteiger partial charge in [0.2, 0.25) is 0 Å². The van der Waals surface area contributed by atoms with Crippen molar-refractivity contribution in [3.63, 3.8) is 0 Å². The molecule has 0 aromatic rings. The maximum atomic E-state index is 2.37. The van der Waals surface area contributed by atoms with Crippen LogP contribution in [0.15, 0.2) is 12.2 Å². The minimum Gasteiger partial charge on any atom is -0.0911 e. The second-order valence-electron chi connectivity index (χ2n) is 3.31. The summed E-state index contributed by atoms with van der Waals surface area (Å²) in [6, 6.07) is 0. The fourth-order valence-corrected chi connectivity index (χ4v) is 1.87. The summed E-state index contributed by atoms with van der Waals surface area (Å²) in [5, 5.41) is 0. The largest absolute Gasteiger partial charge is 0.0911 e. The third-order valence-electron chi connectivity index (χ3n) is 2.80. The molecule has 0 heteroatoms. The van der Waals surface area contributed by atoms with Crippen LogP contribution in [0.25, 0.3) is 0 Å².